The lowest BCUT2D eigenvalue weighted by molar-refractivity contribution is 0.184. The molecule has 16 heavy (non-hydrogen) atoms. The Morgan fingerprint density at radius 2 is 2.12 bits per heavy atom. The molecule has 1 fully saturated rings. The smallest absolute Gasteiger partial charge is 0.126 e. The van der Waals surface area contributed by atoms with Gasteiger partial charge in [0.15, 0.2) is 0 Å². The standard InChI is InChI=1S/C13H18FNO/c1-16-9-10-2-3-13(14)12(8-10)11-4-6-15-7-5-11/h2-3,8,11,15H,4-7,9H2,1H3. The molecule has 88 valence electrons. The van der Waals surface area contributed by atoms with Crippen LogP contribution in [0.4, 0.5) is 4.39 Å². The Labute approximate surface area is 95.8 Å². The molecule has 0 saturated carbocycles. The molecule has 1 aliphatic rings. The topological polar surface area (TPSA) is 21.3 Å². The molecule has 1 aromatic rings. The zero-order valence-electron chi connectivity index (χ0n) is 9.63. The van der Waals surface area contributed by atoms with Gasteiger partial charge >= 0.3 is 0 Å². The van der Waals surface area contributed by atoms with Crippen molar-refractivity contribution in [2.45, 2.75) is 25.4 Å². The summed E-state index contributed by atoms with van der Waals surface area (Å²) in [6.07, 6.45) is 2.04. The van der Waals surface area contributed by atoms with Crippen LogP contribution in [0.25, 0.3) is 0 Å². The van der Waals surface area contributed by atoms with Gasteiger partial charge in [-0.25, -0.2) is 4.39 Å². The second-order valence-corrected chi connectivity index (χ2v) is 4.31. The predicted octanol–water partition coefficient (Wildman–Crippen LogP) is 2.44. The van der Waals surface area contributed by atoms with E-state index in [4.69, 9.17) is 4.74 Å². The van der Waals surface area contributed by atoms with E-state index in [1.54, 1.807) is 19.2 Å². The molecule has 0 aromatic heterocycles. The Hall–Kier alpha value is -0.930. The molecule has 0 spiro atoms. The molecule has 0 amide bonds. The summed E-state index contributed by atoms with van der Waals surface area (Å²) in [5, 5.41) is 3.30. The van der Waals surface area contributed by atoms with E-state index < -0.39 is 0 Å². The summed E-state index contributed by atoms with van der Waals surface area (Å²) in [7, 11) is 1.66. The van der Waals surface area contributed by atoms with Crippen molar-refractivity contribution in [1.82, 2.24) is 5.32 Å². The van der Waals surface area contributed by atoms with Gasteiger partial charge in [0.05, 0.1) is 6.61 Å². The maximum Gasteiger partial charge on any atom is 0.126 e. The Morgan fingerprint density at radius 3 is 2.81 bits per heavy atom. The largest absolute Gasteiger partial charge is 0.380 e. The first-order valence-corrected chi connectivity index (χ1v) is 5.79. The number of hydrogen-bond donors (Lipinski definition) is 1. The second kappa shape index (κ2) is 5.41. The van der Waals surface area contributed by atoms with Crippen molar-refractivity contribution in [2.75, 3.05) is 20.2 Å². The number of piperidine rings is 1. The van der Waals surface area contributed by atoms with Gasteiger partial charge in [-0.15, -0.1) is 0 Å². The number of methoxy groups -OCH3 is 1. The Bertz CT molecular complexity index is 348. The molecular formula is C13H18FNO. The maximum atomic E-state index is 13.7. The highest BCUT2D eigenvalue weighted by Gasteiger charge is 2.18. The highest BCUT2D eigenvalue weighted by molar-refractivity contribution is 5.28. The van der Waals surface area contributed by atoms with Crippen LogP contribution in [0.5, 0.6) is 0 Å². The highest BCUT2D eigenvalue weighted by Crippen LogP contribution is 2.28. The number of ether oxygens (including phenoxy) is 1. The summed E-state index contributed by atoms with van der Waals surface area (Å²) < 4.78 is 18.8. The zero-order chi connectivity index (χ0) is 11.4. The van der Waals surface area contributed by atoms with Crippen molar-refractivity contribution in [3.63, 3.8) is 0 Å². The summed E-state index contributed by atoms with van der Waals surface area (Å²) in [5.41, 5.74) is 1.91. The summed E-state index contributed by atoms with van der Waals surface area (Å²) in [6, 6.07) is 5.31. The summed E-state index contributed by atoms with van der Waals surface area (Å²) >= 11 is 0. The van der Waals surface area contributed by atoms with Gasteiger partial charge in [-0.3, -0.25) is 0 Å². The van der Waals surface area contributed by atoms with E-state index in [-0.39, 0.29) is 5.82 Å². The van der Waals surface area contributed by atoms with E-state index >= 15 is 0 Å². The first-order chi connectivity index (χ1) is 7.81. The van der Waals surface area contributed by atoms with Crippen LogP contribution in [0.3, 0.4) is 0 Å². The third-order valence-electron chi connectivity index (χ3n) is 3.15. The van der Waals surface area contributed by atoms with Gasteiger partial charge in [0.1, 0.15) is 5.82 Å². The van der Waals surface area contributed by atoms with Crippen molar-refractivity contribution in [3.05, 3.63) is 35.1 Å². The number of benzene rings is 1. The molecule has 0 atom stereocenters. The van der Waals surface area contributed by atoms with Crippen molar-refractivity contribution in [3.8, 4) is 0 Å². The fourth-order valence-corrected chi connectivity index (χ4v) is 2.30. The van der Waals surface area contributed by atoms with Gasteiger partial charge in [-0.2, -0.15) is 0 Å². The van der Waals surface area contributed by atoms with Crippen LogP contribution >= 0.6 is 0 Å². The normalized spacial score (nSPS) is 17.6. The molecule has 0 radical (unpaired) electrons. The molecule has 2 rings (SSSR count). The molecule has 1 heterocycles. The van der Waals surface area contributed by atoms with Crippen LogP contribution in [-0.2, 0) is 11.3 Å². The third kappa shape index (κ3) is 2.60. The Kier molecular flexibility index (Phi) is 3.91. The third-order valence-corrected chi connectivity index (χ3v) is 3.15. The van der Waals surface area contributed by atoms with Crippen molar-refractivity contribution in [1.29, 1.82) is 0 Å². The second-order valence-electron chi connectivity index (χ2n) is 4.31. The summed E-state index contributed by atoms with van der Waals surface area (Å²) in [6.45, 7) is 2.52. The predicted molar refractivity (Wildman–Crippen MR) is 62.0 cm³/mol. The average molecular weight is 223 g/mol. The molecule has 1 saturated heterocycles. The number of rotatable bonds is 3. The van der Waals surface area contributed by atoms with Crippen molar-refractivity contribution >= 4 is 0 Å². The lowest BCUT2D eigenvalue weighted by Crippen LogP contribution is -2.27. The Balaban J connectivity index is 2.19. The molecular weight excluding hydrogens is 205 g/mol. The first kappa shape index (κ1) is 11.6. The van der Waals surface area contributed by atoms with E-state index in [9.17, 15) is 4.39 Å². The van der Waals surface area contributed by atoms with Gasteiger partial charge in [0.25, 0.3) is 0 Å². The lowest BCUT2D eigenvalue weighted by atomic mass is 9.89. The van der Waals surface area contributed by atoms with Gasteiger partial charge in [0, 0.05) is 7.11 Å². The zero-order valence-corrected chi connectivity index (χ0v) is 9.63. The van der Waals surface area contributed by atoms with Crippen LogP contribution in [0.15, 0.2) is 18.2 Å². The van der Waals surface area contributed by atoms with E-state index in [0.717, 1.165) is 37.1 Å². The SMILES string of the molecule is COCc1ccc(F)c(C2CCNCC2)c1. The fourth-order valence-electron chi connectivity index (χ4n) is 2.30. The lowest BCUT2D eigenvalue weighted by Gasteiger charge is -2.23. The number of halogens is 1. The monoisotopic (exact) mass is 223 g/mol. The maximum absolute atomic E-state index is 13.7. The molecule has 0 aliphatic carbocycles. The van der Waals surface area contributed by atoms with Crippen LogP contribution in [0.1, 0.15) is 29.9 Å². The van der Waals surface area contributed by atoms with Gasteiger partial charge in [-0.05, 0) is 49.0 Å². The molecule has 0 unspecified atom stereocenters. The number of hydrogen-bond acceptors (Lipinski definition) is 2. The molecule has 2 nitrogen and oxygen atoms in total. The van der Waals surface area contributed by atoms with Gasteiger partial charge in [0.2, 0.25) is 0 Å². The minimum Gasteiger partial charge on any atom is -0.380 e. The minimum atomic E-state index is -0.0771. The Morgan fingerprint density at radius 1 is 1.38 bits per heavy atom. The van der Waals surface area contributed by atoms with Crippen LogP contribution in [-0.4, -0.2) is 20.2 Å². The quantitative estimate of drug-likeness (QED) is 0.849. The number of nitrogens with one attached hydrogen (secondary N) is 1. The van der Waals surface area contributed by atoms with Crippen LogP contribution in [0.2, 0.25) is 0 Å². The summed E-state index contributed by atoms with van der Waals surface area (Å²) in [4.78, 5) is 0. The molecule has 0 bridgehead atoms. The molecule has 3 heteroatoms. The first-order valence-electron chi connectivity index (χ1n) is 5.79. The van der Waals surface area contributed by atoms with Gasteiger partial charge in [-0.1, -0.05) is 12.1 Å². The minimum absolute atomic E-state index is 0.0771. The molecule has 1 N–H and O–H groups in total. The van der Waals surface area contributed by atoms with E-state index in [1.165, 1.54) is 0 Å². The van der Waals surface area contributed by atoms with Crippen molar-refractivity contribution in [2.24, 2.45) is 0 Å². The highest BCUT2D eigenvalue weighted by atomic mass is 19.1. The summed E-state index contributed by atoms with van der Waals surface area (Å²) in [5.74, 6) is 0.282. The van der Waals surface area contributed by atoms with Crippen LogP contribution in [0, 0.1) is 5.82 Å². The molecule has 1 aromatic carbocycles. The van der Waals surface area contributed by atoms with E-state index in [0.29, 0.717) is 12.5 Å². The average Bonchev–Trinajstić information content (AvgIpc) is 2.33. The fraction of sp³-hybridized carbons (Fsp3) is 0.538. The van der Waals surface area contributed by atoms with E-state index in [2.05, 4.69) is 5.32 Å². The van der Waals surface area contributed by atoms with Gasteiger partial charge < -0.3 is 10.1 Å². The van der Waals surface area contributed by atoms with Crippen LogP contribution < -0.4 is 5.32 Å². The van der Waals surface area contributed by atoms with E-state index in [1.807, 2.05) is 6.07 Å². The van der Waals surface area contributed by atoms with Crippen molar-refractivity contribution < 1.29 is 9.13 Å². The molecule has 1 aliphatic heterocycles.